The predicted molar refractivity (Wildman–Crippen MR) is 75.1 cm³/mol. The third kappa shape index (κ3) is 7.85. The highest BCUT2D eigenvalue weighted by Crippen LogP contribution is 2.24. The van der Waals surface area contributed by atoms with Crippen LogP contribution >= 0.6 is 0 Å². The van der Waals surface area contributed by atoms with Crippen LogP contribution in [0.5, 0.6) is 0 Å². The molecule has 112 valence electrons. The van der Waals surface area contributed by atoms with E-state index in [1.807, 2.05) is 0 Å². The zero-order chi connectivity index (χ0) is 14.8. The summed E-state index contributed by atoms with van der Waals surface area (Å²) in [6, 6.07) is 0. The average Bonchev–Trinajstić information content (AvgIpc) is 2.27. The van der Waals surface area contributed by atoms with E-state index >= 15 is 0 Å². The Balaban J connectivity index is 3.99. The van der Waals surface area contributed by atoms with E-state index < -0.39 is 17.9 Å². The van der Waals surface area contributed by atoms with Gasteiger partial charge in [0.05, 0.1) is 0 Å². The second-order valence-electron chi connectivity index (χ2n) is 5.68. The number of unbranched alkanes of at least 4 members (excludes halogenated alkanes) is 4. The van der Waals surface area contributed by atoms with Gasteiger partial charge in [-0.15, -0.1) is 0 Å². The third-order valence-electron chi connectivity index (χ3n) is 3.68. The maximum Gasteiger partial charge on any atom is 0.318 e. The van der Waals surface area contributed by atoms with E-state index in [1.54, 1.807) is 6.92 Å². The van der Waals surface area contributed by atoms with Crippen LogP contribution in [0.4, 0.5) is 0 Å². The lowest BCUT2D eigenvalue weighted by Gasteiger charge is -2.20. The largest absolute Gasteiger partial charge is 0.481 e. The maximum absolute atomic E-state index is 10.9. The lowest BCUT2D eigenvalue weighted by molar-refractivity contribution is -0.157. The number of hydrogen-bond acceptors (Lipinski definition) is 2. The van der Waals surface area contributed by atoms with E-state index in [-0.39, 0.29) is 5.92 Å². The quantitative estimate of drug-likeness (QED) is 0.443. The molecule has 0 aromatic carbocycles. The zero-order valence-electron chi connectivity index (χ0n) is 12.4. The van der Waals surface area contributed by atoms with Gasteiger partial charge < -0.3 is 10.2 Å². The van der Waals surface area contributed by atoms with Crippen molar-refractivity contribution in [3.05, 3.63) is 0 Å². The van der Waals surface area contributed by atoms with Gasteiger partial charge in [0.25, 0.3) is 0 Å². The molecule has 0 heterocycles. The van der Waals surface area contributed by atoms with E-state index in [0.717, 1.165) is 12.8 Å². The summed E-state index contributed by atoms with van der Waals surface area (Å²) in [6.45, 7) is 5.99. The van der Waals surface area contributed by atoms with Gasteiger partial charge in [0.15, 0.2) is 5.92 Å². The van der Waals surface area contributed by atoms with Crippen LogP contribution in [-0.4, -0.2) is 22.2 Å². The molecule has 0 aromatic heterocycles. The average molecular weight is 272 g/mol. The molecule has 0 saturated carbocycles. The molecule has 4 nitrogen and oxygen atoms in total. The molecule has 0 fully saturated rings. The third-order valence-corrected chi connectivity index (χ3v) is 3.68. The molecule has 4 heteroatoms. The zero-order valence-corrected chi connectivity index (χ0v) is 12.4. The van der Waals surface area contributed by atoms with Crippen molar-refractivity contribution in [2.75, 3.05) is 0 Å². The molecule has 0 spiro atoms. The summed E-state index contributed by atoms with van der Waals surface area (Å²) in [6.07, 6.45) is 7.84. The fourth-order valence-corrected chi connectivity index (χ4v) is 2.58. The molecule has 0 aliphatic rings. The summed E-state index contributed by atoms with van der Waals surface area (Å²) in [7, 11) is 0. The first-order valence-electron chi connectivity index (χ1n) is 7.35. The molecule has 0 aromatic rings. The molecule has 2 N–H and O–H groups in total. The van der Waals surface area contributed by atoms with Crippen LogP contribution in [0.2, 0.25) is 0 Å². The normalized spacial score (nSPS) is 14.3. The van der Waals surface area contributed by atoms with Crippen molar-refractivity contribution in [3.63, 3.8) is 0 Å². The standard InChI is InChI=1S/C15H28O4/c1-4-5-6-7-8-9-11(2)10-12(3)13(14(16)17)15(18)19/h11-13H,4-10H2,1-3H3,(H,16,17)(H,18,19). The Labute approximate surface area is 116 Å². The fourth-order valence-electron chi connectivity index (χ4n) is 2.58. The lowest BCUT2D eigenvalue weighted by Crippen LogP contribution is -2.30. The predicted octanol–water partition coefficient (Wildman–Crippen LogP) is 3.79. The van der Waals surface area contributed by atoms with Crippen molar-refractivity contribution >= 4 is 11.9 Å². The Hall–Kier alpha value is -1.06. The number of hydrogen-bond donors (Lipinski definition) is 2. The molecule has 0 bridgehead atoms. The van der Waals surface area contributed by atoms with Crippen LogP contribution in [0.3, 0.4) is 0 Å². The molecule has 19 heavy (non-hydrogen) atoms. The molecule has 2 unspecified atom stereocenters. The lowest BCUT2D eigenvalue weighted by atomic mass is 9.84. The van der Waals surface area contributed by atoms with Gasteiger partial charge in [-0.2, -0.15) is 0 Å². The van der Waals surface area contributed by atoms with Crippen molar-refractivity contribution < 1.29 is 19.8 Å². The van der Waals surface area contributed by atoms with Crippen LogP contribution < -0.4 is 0 Å². The molecule has 0 amide bonds. The second-order valence-corrected chi connectivity index (χ2v) is 5.68. The van der Waals surface area contributed by atoms with Gasteiger partial charge in [-0.3, -0.25) is 9.59 Å². The van der Waals surface area contributed by atoms with Crippen LogP contribution in [0.25, 0.3) is 0 Å². The van der Waals surface area contributed by atoms with Gasteiger partial charge in [-0.25, -0.2) is 0 Å². The molecule has 0 aliphatic heterocycles. The molecule has 0 radical (unpaired) electrons. The monoisotopic (exact) mass is 272 g/mol. The highest BCUT2D eigenvalue weighted by molar-refractivity contribution is 5.93. The Kier molecular flexibility index (Phi) is 9.27. The summed E-state index contributed by atoms with van der Waals surface area (Å²) in [5.41, 5.74) is 0. The van der Waals surface area contributed by atoms with Crippen molar-refractivity contribution in [2.45, 2.75) is 65.7 Å². The Morgan fingerprint density at radius 1 is 0.947 bits per heavy atom. The minimum atomic E-state index is -1.28. The van der Waals surface area contributed by atoms with Crippen molar-refractivity contribution in [1.29, 1.82) is 0 Å². The summed E-state index contributed by atoms with van der Waals surface area (Å²) in [5.74, 6) is -3.66. The topological polar surface area (TPSA) is 74.6 Å². The van der Waals surface area contributed by atoms with Crippen molar-refractivity contribution in [1.82, 2.24) is 0 Å². The number of carboxylic acid groups (broad SMARTS) is 2. The summed E-state index contributed by atoms with van der Waals surface area (Å²) >= 11 is 0. The number of rotatable bonds is 11. The first kappa shape index (κ1) is 17.9. The minimum absolute atomic E-state index is 0.319. The second kappa shape index (κ2) is 9.82. The number of carboxylic acids is 2. The van der Waals surface area contributed by atoms with E-state index in [4.69, 9.17) is 10.2 Å². The van der Waals surface area contributed by atoms with Gasteiger partial charge in [-0.05, 0) is 18.3 Å². The minimum Gasteiger partial charge on any atom is -0.481 e. The molecule has 2 atom stereocenters. The summed E-state index contributed by atoms with van der Waals surface area (Å²) in [4.78, 5) is 21.8. The van der Waals surface area contributed by atoms with Gasteiger partial charge in [0.1, 0.15) is 0 Å². The molecule has 0 saturated heterocycles. The van der Waals surface area contributed by atoms with Crippen LogP contribution in [0.15, 0.2) is 0 Å². The molecular weight excluding hydrogens is 244 g/mol. The van der Waals surface area contributed by atoms with Crippen LogP contribution in [0, 0.1) is 17.8 Å². The Bertz CT molecular complexity index is 261. The van der Waals surface area contributed by atoms with Crippen molar-refractivity contribution in [3.8, 4) is 0 Å². The Morgan fingerprint density at radius 3 is 1.95 bits per heavy atom. The number of carbonyl (C=O) groups is 2. The van der Waals surface area contributed by atoms with Gasteiger partial charge >= 0.3 is 11.9 Å². The highest BCUT2D eigenvalue weighted by atomic mass is 16.4. The van der Waals surface area contributed by atoms with E-state index in [9.17, 15) is 9.59 Å². The highest BCUT2D eigenvalue weighted by Gasteiger charge is 2.32. The van der Waals surface area contributed by atoms with E-state index in [0.29, 0.717) is 12.3 Å². The molecule has 0 rings (SSSR count). The summed E-state index contributed by atoms with van der Waals surface area (Å²) in [5, 5.41) is 17.8. The first-order valence-corrected chi connectivity index (χ1v) is 7.35. The SMILES string of the molecule is CCCCCCCC(C)CC(C)C(C(=O)O)C(=O)O. The van der Waals surface area contributed by atoms with Gasteiger partial charge in [0.2, 0.25) is 0 Å². The smallest absolute Gasteiger partial charge is 0.318 e. The van der Waals surface area contributed by atoms with Crippen LogP contribution in [0.1, 0.15) is 65.7 Å². The van der Waals surface area contributed by atoms with Crippen molar-refractivity contribution in [2.24, 2.45) is 17.8 Å². The van der Waals surface area contributed by atoms with Crippen LogP contribution in [-0.2, 0) is 9.59 Å². The Morgan fingerprint density at radius 2 is 1.47 bits per heavy atom. The molecule has 0 aliphatic carbocycles. The van der Waals surface area contributed by atoms with Gasteiger partial charge in [0, 0.05) is 0 Å². The van der Waals surface area contributed by atoms with E-state index in [2.05, 4.69) is 13.8 Å². The fraction of sp³-hybridized carbons (Fsp3) is 0.867. The summed E-state index contributed by atoms with van der Waals surface area (Å²) < 4.78 is 0. The molecular formula is C15H28O4. The maximum atomic E-state index is 10.9. The number of aliphatic carboxylic acids is 2. The van der Waals surface area contributed by atoms with E-state index in [1.165, 1.54) is 25.7 Å². The first-order chi connectivity index (χ1) is 8.90. The van der Waals surface area contributed by atoms with Gasteiger partial charge in [-0.1, -0.05) is 59.3 Å².